The minimum absolute atomic E-state index is 0.224. The molecule has 0 unspecified atom stereocenters. The van der Waals surface area contributed by atoms with Crippen LogP contribution in [0.4, 0.5) is 10.2 Å². The van der Waals surface area contributed by atoms with Crippen LogP contribution in [0.5, 0.6) is 0 Å². The molecule has 5 nitrogen and oxygen atoms in total. The summed E-state index contributed by atoms with van der Waals surface area (Å²) in [5, 5.41) is 6.56. The highest BCUT2D eigenvalue weighted by Crippen LogP contribution is 2.18. The van der Waals surface area contributed by atoms with E-state index in [4.69, 9.17) is 0 Å². The molecule has 0 saturated carbocycles. The van der Waals surface area contributed by atoms with Crippen molar-refractivity contribution >= 4 is 11.8 Å². The summed E-state index contributed by atoms with van der Waals surface area (Å²) in [6.07, 6.45) is 5.66. The van der Waals surface area contributed by atoms with E-state index < -0.39 is 0 Å². The molecular formula is C20H26FN5. The van der Waals surface area contributed by atoms with Gasteiger partial charge in [-0.15, -0.1) is 0 Å². The Morgan fingerprint density at radius 2 is 1.73 bits per heavy atom. The van der Waals surface area contributed by atoms with E-state index in [1.807, 2.05) is 12.3 Å². The molecule has 0 atom stereocenters. The molecule has 1 saturated heterocycles. The number of hydrogen-bond donors (Lipinski definition) is 2. The first-order valence-electron chi connectivity index (χ1n) is 9.13. The average Bonchev–Trinajstić information content (AvgIpc) is 2.70. The number of rotatable bonds is 5. The lowest BCUT2D eigenvalue weighted by molar-refractivity contribution is 0.573. The Labute approximate surface area is 154 Å². The maximum Gasteiger partial charge on any atom is 0.191 e. The number of pyridine rings is 1. The van der Waals surface area contributed by atoms with Crippen LogP contribution in [0.1, 0.15) is 30.4 Å². The van der Waals surface area contributed by atoms with Crippen LogP contribution in [-0.4, -0.2) is 31.1 Å². The smallest absolute Gasteiger partial charge is 0.191 e. The van der Waals surface area contributed by atoms with Gasteiger partial charge in [0.1, 0.15) is 11.6 Å². The van der Waals surface area contributed by atoms with Crippen molar-refractivity contribution in [2.45, 2.75) is 32.4 Å². The zero-order valence-corrected chi connectivity index (χ0v) is 15.2. The van der Waals surface area contributed by atoms with Gasteiger partial charge >= 0.3 is 0 Å². The first-order valence-corrected chi connectivity index (χ1v) is 9.13. The van der Waals surface area contributed by atoms with Crippen LogP contribution in [-0.2, 0) is 13.1 Å². The second-order valence-electron chi connectivity index (χ2n) is 6.48. The maximum absolute atomic E-state index is 13.0. The van der Waals surface area contributed by atoms with Crippen LogP contribution in [0, 0.1) is 5.82 Å². The molecule has 1 aliphatic rings. The van der Waals surface area contributed by atoms with E-state index in [0.717, 1.165) is 24.5 Å². The molecule has 0 spiro atoms. The van der Waals surface area contributed by atoms with Crippen molar-refractivity contribution in [3.8, 4) is 0 Å². The van der Waals surface area contributed by atoms with E-state index >= 15 is 0 Å². The van der Waals surface area contributed by atoms with Crippen molar-refractivity contribution in [2.75, 3.05) is 25.0 Å². The topological polar surface area (TPSA) is 52.6 Å². The molecule has 2 heterocycles. The number of aromatic nitrogens is 1. The van der Waals surface area contributed by atoms with Crippen molar-refractivity contribution in [2.24, 2.45) is 4.99 Å². The number of anilines is 1. The zero-order valence-electron chi connectivity index (χ0n) is 15.2. The fourth-order valence-electron chi connectivity index (χ4n) is 3.06. The van der Waals surface area contributed by atoms with Gasteiger partial charge in [0.25, 0.3) is 0 Å². The third-order valence-corrected chi connectivity index (χ3v) is 4.55. The predicted octanol–water partition coefficient (Wildman–Crippen LogP) is 3.08. The number of benzene rings is 1. The van der Waals surface area contributed by atoms with Gasteiger partial charge in [-0.25, -0.2) is 9.37 Å². The fraction of sp³-hybridized carbons (Fsp3) is 0.400. The molecule has 1 aromatic heterocycles. The highest BCUT2D eigenvalue weighted by atomic mass is 19.1. The molecule has 1 fully saturated rings. The number of aliphatic imine (C=N–C) groups is 1. The van der Waals surface area contributed by atoms with Crippen molar-refractivity contribution in [1.29, 1.82) is 0 Å². The first kappa shape index (κ1) is 18.2. The van der Waals surface area contributed by atoms with Crippen LogP contribution in [0.25, 0.3) is 0 Å². The largest absolute Gasteiger partial charge is 0.357 e. The van der Waals surface area contributed by atoms with Crippen molar-refractivity contribution in [1.82, 2.24) is 15.6 Å². The van der Waals surface area contributed by atoms with Gasteiger partial charge in [-0.3, -0.25) is 4.99 Å². The highest BCUT2D eigenvalue weighted by molar-refractivity contribution is 5.79. The van der Waals surface area contributed by atoms with Crippen LogP contribution in [0.15, 0.2) is 47.6 Å². The number of piperidine rings is 1. The van der Waals surface area contributed by atoms with Crippen molar-refractivity contribution in [3.63, 3.8) is 0 Å². The summed E-state index contributed by atoms with van der Waals surface area (Å²) in [7, 11) is 1.74. The molecule has 2 N–H and O–H groups in total. The minimum atomic E-state index is -0.224. The molecule has 138 valence electrons. The summed E-state index contributed by atoms with van der Waals surface area (Å²) < 4.78 is 13.0. The Balaban J connectivity index is 1.52. The summed E-state index contributed by atoms with van der Waals surface area (Å²) in [5.41, 5.74) is 2.18. The average molecular weight is 355 g/mol. The van der Waals surface area contributed by atoms with E-state index in [1.165, 1.54) is 37.0 Å². The molecule has 1 aliphatic heterocycles. The van der Waals surface area contributed by atoms with E-state index in [9.17, 15) is 4.39 Å². The molecular weight excluding hydrogens is 329 g/mol. The highest BCUT2D eigenvalue weighted by Gasteiger charge is 2.12. The monoisotopic (exact) mass is 355 g/mol. The van der Waals surface area contributed by atoms with Crippen LogP contribution in [0.2, 0.25) is 0 Å². The lowest BCUT2D eigenvalue weighted by atomic mass is 10.1. The molecule has 0 bridgehead atoms. The number of guanidine groups is 1. The van der Waals surface area contributed by atoms with Crippen LogP contribution >= 0.6 is 0 Å². The normalized spacial score (nSPS) is 15.0. The standard InChI is InChI=1S/C20H26FN5/c1-22-20(24-14-16-5-7-18(21)8-6-16)25-15-17-9-10-23-19(13-17)26-11-3-2-4-12-26/h5-10,13H,2-4,11-12,14-15H2,1H3,(H2,22,24,25). The van der Waals surface area contributed by atoms with Gasteiger partial charge in [0, 0.05) is 39.4 Å². The van der Waals surface area contributed by atoms with Crippen molar-refractivity contribution < 1.29 is 4.39 Å². The van der Waals surface area contributed by atoms with Gasteiger partial charge in [-0.1, -0.05) is 12.1 Å². The van der Waals surface area contributed by atoms with Gasteiger partial charge in [0.15, 0.2) is 5.96 Å². The molecule has 0 aliphatic carbocycles. The molecule has 3 rings (SSSR count). The quantitative estimate of drug-likeness (QED) is 0.639. The Kier molecular flexibility index (Phi) is 6.41. The lowest BCUT2D eigenvalue weighted by Gasteiger charge is -2.28. The van der Waals surface area contributed by atoms with Gasteiger partial charge in [-0.2, -0.15) is 0 Å². The summed E-state index contributed by atoms with van der Waals surface area (Å²) in [6, 6.07) is 10.6. The third kappa shape index (κ3) is 5.18. The summed E-state index contributed by atoms with van der Waals surface area (Å²) in [4.78, 5) is 11.1. The maximum atomic E-state index is 13.0. The summed E-state index contributed by atoms with van der Waals surface area (Å²) in [5.74, 6) is 1.54. The Hall–Kier alpha value is -2.63. The van der Waals surface area contributed by atoms with E-state index in [2.05, 4.69) is 31.6 Å². The van der Waals surface area contributed by atoms with Gasteiger partial charge in [-0.05, 0) is 54.7 Å². The van der Waals surface area contributed by atoms with Crippen molar-refractivity contribution in [3.05, 3.63) is 59.5 Å². The van der Waals surface area contributed by atoms with Gasteiger partial charge in [0.05, 0.1) is 0 Å². The molecule has 0 amide bonds. The zero-order chi connectivity index (χ0) is 18.2. The molecule has 26 heavy (non-hydrogen) atoms. The number of nitrogens with zero attached hydrogens (tertiary/aromatic N) is 3. The Bertz CT molecular complexity index is 723. The Morgan fingerprint density at radius 1 is 1.04 bits per heavy atom. The predicted molar refractivity (Wildman–Crippen MR) is 104 cm³/mol. The minimum Gasteiger partial charge on any atom is -0.357 e. The molecule has 6 heteroatoms. The second kappa shape index (κ2) is 9.17. The van der Waals surface area contributed by atoms with Gasteiger partial charge in [0.2, 0.25) is 0 Å². The fourth-order valence-corrected chi connectivity index (χ4v) is 3.06. The molecule has 2 aromatic rings. The number of hydrogen-bond acceptors (Lipinski definition) is 3. The summed E-state index contributed by atoms with van der Waals surface area (Å²) in [6.45, 7) is 3.44. The van der Waals surface area contributed by atoms with Crippen LogP contribution in [0.3, 0.4) is 0 Å². The SMILES string of the molecule is CN=C(NCc1ccc(F)cc1)NCc1ccnc(N2CCCCC2)c1. The third-order valence-electron chi connectivity index (χ3n) is 4.55. The Morgan fingerprint density at radius 3 is 2.42 bits per heavy atom. The second-order valence-corrected chi connectivity index (χ2v) is 6.48. The molecule has 0 radical (unpaired) electrons. The molecule has 1 aromatic carbocycles. The number of nitrogens with one attached hydrogen (secondary N) is 2. The first-order chi connectivity index (χ1) is 12.7. The lowest BCUT2D eigenvalue weighted by Crippen LogP contribution is -2.36. The van der Waals surface area contributed by atoms with Crippen LogP contribution < -0.4 is 15.5 Å². The van der Waals surface area contributed by atoms with E-state index in [1.54, 1.807) is 19.2 Å². The van der Waals surface area contributed by atoms with Gasteiger partial charge < -0.3 is 15.5 Å². The number of halogens is 1. The summed E-state index contributed by atoms with van der Waals surface area (Å²) >= 11 is 0. The van der Waals surface area contributed by atoms with E-state index in [0.29, 0.717) is 19.0 Å². The van der Waals surface area contributed by atoms with E-state index in [-0.39, 0.29) is 5.82 Å².